The van der Waals surface area contributed by atoms with Gasteiger partial charge in [0, 0.05) is 60.1 Å². The van der Waals surface area contributed by atoms with E-state index in [1.54, 1.807) is 33.2 Å². The van der Waals surface area contributed by atoms with Gasteiger partial charge in [0.15, 0.2) is 0 Å². The van der Waals surface area contributed by atoms with Crippen molar-refractivity contribution in [1.82, 2.24) is 57.0 Å². The third-order valence-corrected chi connectivity index (χ3v) is 16.6. The molecule has 0 saturated carbocycles. The summed E-state index contributed by atoms with van der Waals surface area (Å²) < 4.78 is 0. The van der Waals surface area contributed by atoms with Crippen LogP contribution >= 0.6 is 0 Å². The maximum absolute atomic E-state index is 15.2. The molecule has 3 aliphatic rings. The molecule has 5 heterocycles. The van der Waals surface area contributed by atoms with Crippen molar-refractivity contribution < 1.29 is 43.2 Å². The molecular formula is C61H87N11O9. The van der Waals surface area contributed by atoms with E-state index < -0.39 is 125 Å². The Morgan fingerprint density at radius 2 is 0.827 bits per heavy atom. The Kier molecular flexibility index (Phi) is 20.8. The first-order valence-electron chi connectivity index (χ1n) is 29.4. The van der Waals surface area contributed by atoms with Gasteiger partial charge >= 0.3 is 0 Å². The van der Waals surface area contributed by atoms with Gasteiger partial charge in [-0.3, -0.25) is 43.2 Å². The first-order valence-corrected chi connectivity index (χ1v) is 29.4. The fourth-order valence-corrected chi connectivity index (χ4v) is 11.6. The summed E-state index contributed by atoms with van der Waals surface area (Å²) in [5.74, 6) is -6.92. The van der Waals surface area contributed by atoms with Crippen LogP contribution in [0.5, 0.6) is 0 Å². The van der Waals surface area contributed by atoms with Gasteiger partial charge in [-0.05, 0) is 91.4 Å². The Labute approximate surface area is 475 Å². The molecule has 3 fully saturated rings. The van der Waals surface area contributed by atoms with E-state index in [0.717, 1.165) is 21.8 Å². The van der Waals surface area contributed by atoms with E-state index in [0.29, 0.717) is 43.2 Å². The lowest BCUT2D eigenvalue weighted by molar-refractivity contribution is -0.148. The summed E-state index contributed by atoms with van der Waals surface area (Å²) in [7, 11) is 0. The number of nitrogens with zero attached hydrogens (tertiary/aromatic N) is 2. The smallest absolute Gasteiger partial charge is 0.246 e. The van der Waals surface area contributed by atoms with Crippen molar-refractivity contribution in [3.05, 3.63) is 72.1 Å². The molecule has 0 unspecified atom stereocenters. The molecule has 0 bridgehead atoms. The summed E-state index contributed by atoms with van der Waals surface area (Å²) in [6.45, 7) is 19.0. The van der Waals surface area contributed by atoms with Gasteiger partial charge in [-0.2, -0.15) is 0 Å². The fourth-order valence-electron chi connectivity index (χ4n) is 11.6. The number of carbonyl (C=O) groups excluding carboxylic acids is 9. The number of nitrogens with one attached hydrogen (secondary N) is 9. The number of benzene rings is 2. The molecule has 3 saturated heterocycles. The first kappa shape index (κ1) is 61.4. The minimum absolute atomic E-state index is 0.00856. The summed E-state index contributed by atoms with van der Waals surface area (Å²) in [6.07, 6.45) is 6.35. The predicted molar refractivity (Wildman–Crippen MR) is 310 cm³/mol. The van der Waals surface area contributed by atoms with Crippen LogP contribution in [0, 0.1) is 29.6 Å². The third-order valence-electron chi connectivity index (χ3n) is 16.6. The maximum Gasteiger partial charge on any atom is 0.246 e. The quantitative estimate of drug-likeness (QED) is 0.0899. The van der Waals surface area contributed by atoms with E-state index in [1.807, 2.05) is 97.0 Å². The molecule has 2 aromatic heterocycles. The Morgan fingerprint density at radius 1 is 0.444 bits per heavy atom. The van der Waals surface area contributed by atoms with Crippen molar-refractivity contribution in [1.29, 1.82) is 0 Å². The number of rotatable bonds is 13. The highest BCUT2D eigenvalue weighted by Gasteiger charge is 2.46. The average molecular weight is 1120 g/mol. The maximum atomic E-state index is 15.2. The highest BCUT2D eigenvalue weighted by Crippen LogP contribution is 2.28. The lowest BCUT2D eigenvalue weighted by Crippen LogP contribution is -2.62. The van der Waals surface area contributed by atoms with Gasteiger partial charge in [0.1, 0.15) is 54.4 Å². The minimum atomic E-state index is -1.31. The van der Waals surface area contributed by atoms with Crippen molar-refractivity contribution in [3.8, 4) is 0 Å². The van der Waals surface area contributed by atoms with Crippen LogP contribution < -0.4 is 37.2 Å². The molecule has 9 amide bonds. The summed E-state index contributed by atoms with van der Waals surface area (Å²) in [5.41, 5.74) is 3.02. The third kappa shape index (κ3) is 14.8. The molecular weight excluding hydrogens is 1030 g/mol. The highest BCUT2D eigenvalue weighted by atomic mass is 16.2. The first-order chi connectivity index (χ1) is 38.6. The number of fused-ring (bicyclic) bond motifs is 4. The molecule has 2 aromatic carbocycles. The molecule has 7 rings (SSSR count). The van der Waals surface area contributed by atoms with E-state index in [1.165, 1.54) is 9.80 Å². The lowest BCUT2D eigenvalue weighted by atomic mass is 9.93. The van der Waals surface area contributed by atoms with Crippen molar-refractivity contribution in [2.45, 2.75) is 188 Å². The Hall–Kier alpha value is -7.25. The zero-order valence-corrected chi connectivity index (χ0v) is 48.9. The van der Waals surface area contributed by atoms with Crippen LogP contribution in [0.2, 0.25) is 0 Å². The molecule has 0 aliphatic carbocycles. The van der Waals surface area contributed by atoms with Gasteiger partial charge in [-0.15, -0.1) is 0 Å². The van der Waals surface area contributed by atoms with Crippen LogP contribution in [-0.2, 0) is 56.0 Å². The SMILES string of the molecule is CC[C@H](C)[C@@H]1NC(=O)[C@H](CC(C)C)NC(=O)[C@H](Cc2c[nH]c3ccccc23)NC(=O)[C@H](Cc2c[nH]c3ccccc23)NC(=O)[C@@H]2CCCN2C(=O)[C@@H]2CCCN2C(=O)[C@H](C(C)C)NC(=O)[C@H](CC(C)C)NC(=O)[C@H]([C@@H](C)CC)NC1=O. The van der Waals surface area contributed by atoms with Crippen molar-refractivity contribution >= 4 is 75.0 Å². The van der Waals surface area contributed by atoms with Gasteiger partial charge in [-0.25, -0.2) is 0 Å². The van der Waals surface area contributed by atoms with Crippen LogP contribution in [-0.4, -0.2) is 140 Å². The lowest BCUT2D eigenvalue weighted by Gasteiger charge is -2.35. The Balaban J connectivity index is 1.31. The second kappa shape index (κ2) is 27.5. The summed E-state index contributed by atoms with van der Waals surface area (Å²) >= 11 is 0. The van der Waals surface area contributed by atoms with E-state index in [9.17, 15) is 33.6 Å². The molecule has 440 valence electrons. The molecule has 9 N–H and O–H groups in total. The standard InChI is InChI=1S/C61H87N11O9/c1-11-36(9)51-58(78)67-45(28-34(5)6)55(75)68-50(35(7)8)61(81)72-26-18-24-49(72)60(80)71-25-17-23-48(71)57(77)66-47(30-39-32-63-43-22-16-14-20-41(39)43)54(74)65-46(29-38-31-62-42-21-15-13-19-40(38)42)53(73)64-44(27-33(3)4)56(76)69-52(37(10)12-2)59(79)70-51/h13-16,19-22,31-37,44-52,62-63H,11-12,17-18,23-30H2,1-10H3,(H,64,73)(H,65,74)(H,66,77)(H,67,78)(H,68,75)(H,69,76)(H,70,79)/t36-,37-,44-,45-,46-,47-,48-,49-,50-,51-,52-/m0/s1. The normalized spacial score (nSPS) is 26.4. The number of hydrogen-bond acceptors (Lipinski definition) is 9. The monoisotopic (exact) mass is 1120 g/mol. The molecule has 81 heavy (non-hydrogen) atoms. The van der Waals surface area contributed by atoms with E-state index >= 15 is 9.59 Å². The van der Waals surface area contributed by atoms with Crippen LogP contribution in [0.3, 0.4) is 0 Å². The number of H-pyrrole nitrogens is 2. The summed E-state index contributed by atoms with van der Waals surface area (Å²) in [4.78, 5) is 143. The van der Waals surface area contributed by atoms with E-state index in [-0.39, 0.29) is 57.0 Å². The molecule has 11 atom stereocenters. The van der Waals surface area contributed by atoms with Crippen LogP contribution in [0.15, 0.2) is 60.9 Å². The molecule has 20 heteroatoms. The largest absolute Gasteiger partial charge is 0.361 e. The second-order valence-corrected chi connectivity index (χ2v) is 24.0. The van der Waals surface area contributed by atoms with Gasteiger partial charge in [0.05, 0.1) is 0 Å². The number of para-hydroxylation sites is 2. The Morgan fingerprint density at radius 3 is 1.30 bits per heavy atom. The van der Waals surface area contributed by atoms with Crippen LogP contribution in [0.25, 0.3) is 21.8 Å². The summed E-state index contributed by atoms with van der Waals surface area (Å²) in [6, 6.07) is 4.82. The van der Waals surface area contributed by atoms with E-state index in [2.05, 4.69) is 47.2 Å². The van der Waals surface area contributed by atoms with Crippen LogP contribution in [0.4, 0.5) is 0 Å². The fraction of sp³-hybridized carbons (Fsp3) is 0.590. The summed E-state index contributed by atoms with van der Waals surface area (Å²) in [5, 5.41) is 22.2. The van der Waals surface area contributed by atoms with Gasteiger partial charge in [0.2, 0.25) is 53.2 Å². The zero-order valence-electron chi connectivity index (χ0n) is 48.9. The molecule has 0 spiro atoms. The van der Waals surface area contributed by atoms with Gasteiger partial charge < -0.3 is 57.0 Å². The number of aromatic amines is 2. The molecule has 3 aliphatic heterocycles. The molecule has 4 aromatic rings. The van der Waals surface area contributed by atoms with E-state index in [4.69, 9.17) is 0 Å². The van der Waals surface area contributed by atoms with Crippen molar-refractivity contribution in [3.63, 3.8) is 0 Å². The van der Waals surface area contributed by atoms with Crippen LogP contribution in [0.1, 0.15) is 132 Å². The number of aromatic nitrogens is 2. The Bertz CT molecular complexity index is 2910. The number of hydrogen-bond donors (Lipinski definition) is 9. The molecule has 0 radical (unpaired) electrons. The number of carbonyl (C=O) groups is 9. The van der Waals surface area contributed by atoms with Crippen molar-refractivity contribution in [2.24, 2.45) is 29.6 Å². The van der Waals surface area contributed by atoms with Gasteiger partial charge in [-0.1, -0.05) is 118 Å². The molecule has 20 nitrogen and oxygen atoms in total. The minimum Gasteiger partial charge on any atom is -0.361 e. The van der Waals surface area contributed by atoms with Gasteiger partial charge in [0.25, 0.3) is 0 Å². The zero-order chi connectivity index (χ0) is 58.8. The highest BCUT2D eigenvalue weighted by molar-refractivity contribution is 6.00. The number of amides is 9. The predicted octanol–water partition coefficient (Wildman–Crippen LogP) is 4.66. The second-order valence-electron chi connectivity index (χ2n) is 24.0. The average Bonchev–Trinajstić information content (AvgIpc) is 4.38. The van der Waals surface area contributed by atoms with Crippen molar-refractivity contribution in [2.75, 3.05) is 13.1 Å². The topological polar surface area (TPSA) is 276 Å².